The molecule has 0 aromatic heterocycles. The fourth-order valence-electron chi connectivity index (χ4n) is 2.47. The highest BCUT2D eigenvalue weighted by molar-refractivity contribution is 7.90. The predicted molar refractivity (Wildman–Crippen MR) is 92.4 cm³/mol. The Morgan fingerprint density at radius 3 is 2.67 bits per heavy atom. The Labute approximate surface area is 145 Å². The van der Waals surface area contributed by atoms with E-state index in [1.54, 1.807) is 31.3 Å². The van der Waals surface area contributed by atoms with Gasteiger partial charge in [-0.15, -0.1) is 0 Å². The van der Waals surface area contributed by atoms with E-state index in [0.29, 0.717) is 22.0 Å². The second-order valence-corrected chi connectivity index (χ2v) is 8.11. The van der Waals surface area contributed by atoms with E-state index in [9.17, 15) is 13.2 Å². The molecule has 3 rings (SSSR count). The topological polar surface area (TPSA) is 63.7 Å². The van der Waals surface area contributed by atoms with Gasteiger partial charge in [0.15, 0.2) is 16.4 Å². The van der Waals surface area contributed by atoms with Crippen molar-refractivity contribution in [1.29, 1.82) is 0 Å². The first kappa shape index (κ1) is 16.8. The van der Waals surface area contributed by atoms with Crippen LogP contribution in [0.4, 0.5) is 5.69 Å². The van der Waals surface area contributed by atoms with Crippen LogP contribution in [0.1, 0.15) is 11.1 Å². The summed E-state index contributed by atoms with van der Waals surface area (Å²) in [4.78, 5) is 13.3. The molecule has 0 unspecified atom stereocenters. The van der Waals surface area contributed by atoms with Crippen LogP contribution < -0.4 is 9.64 Å². The van der Waals surface area contributed by atoms with Gasteiger partial charge in [0, 0.05) is 12.1 Å². The minimum atomic E-state index is -3.57. The van der Waals surface area contributed by atoms with E-state index in [1.165, 1.54) is 17.0 Å². The molecule has 0 fully saturated rings. The van der Waals surface area contributed by atoms with E-state index >= 15 is 0 Å². The zero-order valence-electron chi connectivity index (χ0n) is 13.2. The van der Waals surface area contributed by atoms with Crippen molar-refractivity contribution in [2.45, 2.75) is 17.6 Å². The summed E-state index contributed by atoms with van der Waals surface area (Å²) in [7, 11) is -1.97. The highest BCUT2D eigenvalue weighted by Gasteiger charge is 2.25. The van der Waals surface area contributed by atoms with Crippen LogP contribution in [0, 0.1) is 6.92 Å². The molecule has 1 aliphatic heterocycles. The summed E-state index contributed by atoms with van der Waals surface area (Å²) in [6.07, 6.45) is 0. The van der Waals surface area contributed by atoms with E-state index in [-0.39, 0.29) is 23.2 Å². The van der Waals surface area contributed by atoms with Crippen molar-refractivity contribution in [3.05, 3.63) is 52.5 Å². The number of rotatable bonds is 3. The quantitative estimate of drug-likeness (QED) is 0.838. The maximum absolute atomic E-state index is 12.7. The number of likely N-dealkylation sites (N-methyl/N-ethyl adjacent to an activating group) is 1. The van der Waals surface area contributed by atoms with Gasteiger partial charge in [0.05, 0.1) is 16.3 Å². The average molecular weight is 366 g/mol. The first-order valence-electron chi connectivity index (χ1n) is 7.29. The van der Waals surface area contributed by atoms with E-state index < -0.39 is 9.84 Å². The smallest absolute Gasteiger partial charge is 0.264 e. The summed E-state index contributed by atoms with van der Waals surface area (Å²) in [6, 6.07) is 9.74. The molecule has 0 saturated heterocycles. The van der Waals surface area contributed by atoms with Crippen molar-refractivity contribution < 1.29 is 17.9 Å². The Hall–Kier alpha value is -2.05. The first-order chi connectivity index (χ1) is 11.3. The minimum absolute atomic E-state index is 0.0442. The third kappa shape index (κ3) is 3.12. The molecular formula is C17H16ClNO4S. The van der Waals surface area contributed by atoms with Gasteiger partial charge in [-0.05, 0) is 42.3 Å². The van der Waals surface area contributed by atoms with E-state index in [0.717, 1.165) is 5.56 Å². The maximum Gasteiger partial charge on any atom is 0.264 e. The third-order valence-electron chi connectivity index (χ3n) is 3.97. The van der Waals surface area contributed by atoms with Gasteiger partial charge in [0.25, 0.3) is 5.91 Å². The van der Waals surface area contributed by atoms with Gasteiger partial charge in [-0.1, -0.05) is 23.7 Å². The number of benzene rings is 2. The number of aryl methyl sites for hydroxylation is 1. The van der Waals surface area contributed by atoms with E-state index in [4.69, 9.17) is 16.3 Å². The number of fused-ring (bicyclic) bond motifs is 1. The van der Waals surface area contributed by atoms with Crippen molar-refractivity contribution in [1.82, 2.24) is 0 Å². The molecule has 2 aromatic rings. The Bertz CT molecular complexity index is 924. The van der Waals surface area contributed by atoms with Crippen molar-refractivity contribution in [2.75, 3.05) is 18.6 Å². The molecule has 24 heavy (non-hydrogen) atoms. The van der Waals surface area contributed by atoms with Crippen LogP contribution in [0.2, 0.25) is 5.02 Å². The fourth-order valence-corrected chi connectivity index (χ4v) is 4.03. The molecule has 7 heteroatoms. The van der Waals surface area contributed by atoms with E-state index in [1.807, 2.05) is 6.92 Å². The molecular weight excluding hydrogens is 350 g/mol. The zero-order valence-corrected chi connectivity index (χ0v) is 14.8. The number of ether oxygens (including phenoxy) is 1. The Balaban J connectivity index is 1.95. The Morgan fingerprint density at radius 1 is 1.21 bits per heavy atom. The fraction of sp³-hybridized carbons (Fsp3) is 0.235. The molecule has 0 aliphatic carbocycles. The van der Waals surface area contributed by atoms with Crippen molar-refractivity contribution in [3.63, 3.8) is 0 Å². The van der Waals surface area contributed by atoms with Crippen LogP contribution in [0.3, 0.4) is 0 Å². The summed E-state index contributed by atoms with van der Waals surface area (Å²) in [6.45, 7) is 1.81. The molecule has 0 atom stereocenters. The molecule has 1 amide bonds. The van der Waals surface area contributed by atoms with Crippen LogP contribution in [0.15, 0.2) is 41.3 Å². The van der Waals surface area contributed by atoms with Crippen molar-refractivity contribution in [2.24, 2.45) is 0 Å². The van der Waals surface area contributed by atoms with Gasteiger partial charge in [0.2, 0.25) is 0 Å². The van der Waals surface area contributed by atoms with Crippen LogP contribution in [-0.2, 0) is 20.4 Å². The molecule has 126 valence electrons. The Morgan fingerprint density at radius 2 is 1.96 bits per heavy atom. The number of anilines is 1. The molecule has 1 heterocycles. The monoisotopic (exact) mass is 365 g/mol. The number of carbonyl (C=O) groups excluding carboxylic acids is 1. The van der Waals surface area contributed by atoms with Gasteiger partial charge in [-0.3, -0.25) is 4.79 Å². The highest BCUT2D eigenvalue weighted by Crippen LogP contribution is 2.34. The predicted octanol–water partition coefficient (Wildman–Crippen LogP) is 2.98. The largest absolute Gasteiger partial charge is 0.482 e. The van der Waals surface area contributed by atoms with Gasteiger partial charge in [-0.2, -0.15) is 0 Å². The SMILES string of the molecule is Cc1ccc(CS(=O)(=O)c2ccc3c(c2)N(C)C(=O)CO3)cc1Cl. The summed E-state index contributed by atoms with van der Waals surface area (Å²) in [5.41, 5.74) is 1.96. The number of amides is 1. The molecule has 5 nitrogen and oxygen atoms in total. The Kier molecular flexibility index (Phi) is 4.27. The summed E-state index contributed by atoms with van der Waals surface area (Å²) >= 11 is 6.06. The summed E-state index contributed by atoms with van der Waals surface area (Å²) in [5, 5.41) is 0.534. The lowest BCUT2D eigenvalue weighted by Gasteiger charge is -2.26. The second-order valence-electron chi connectivity index (χ2n) is 5.71. The minimum Gasteiger partial charge on any atom is -0.482 e. The normalized spacial score (nSPS) is 14.3. The first-order valence-corrected chi connectivity index (χ1v) is 9.32. The lowest BCUT2D eigenvalue weighted by molar-refractivity contribution is -0.120. The molecule has 0 radical (unpaired) electrons. The average Bonchev–Trinajstić information content (AvgIpc) is 2.54. The molecule has 0 bridgehead atoms. The lowest BCUT2D eigenvalue weighted by atomic mass is 10.2. The number of carbonyl (C=O) groups is 1. The van der Waals surface area contributed by atoms with Crippen molar-refractivity contribution in [3.8, 4) is 5.75 Å². The van der Waals surface area contributed by atoms with Crippen LogP contribution in [0.5, 0.6) is 5.75 Å². The molecule has 1 aliphatic rings. The number of halogens is 1. The van der Waals surface area contributed by atoms with E-state index in [2.05, 4.69) is 0 Å². The van der Waals surface area contributed by atoms with Crippen molar-refractivity contribution >= 4 is 33.0 Å². The second kappa shape index (κ2) is 6.11. The van der Waals surface area contributed by atoms with Gasteiger partial charge < -0.3 is 9.64 Å². The molecule has 0 saturated carbocycles. The molecule has 2 aromatic carbocycles. The van der Waals surface area contributed by atoms with Crippen LogP contribution in [-0.4, -0.2) is 28.0 Å². The summed E-state index contributed by atoms with van der Waals surface area (Å²) < 4.78 is 30.7. The maximum atomic E-state index is 12.7. The molecule has 0 N–H and O–H groups in total. The van der Waals surface area contributed by atoms with Gasteiger partial charge in [-0.25, -0.2) is 8.42 Å². The van der Waals surface area contributed by atoms with Gasteiger partial charge >= 0.3 is 0 Å². The zero-order chi connectivity index (χ0) is 17.5. The van der Waals surface area contributed by atoms with Gasteiger partial charge in [0.1, 0.15) is 5.75 Å². The van der Waals surface area contributed by atoms with Crippen LogP contribution >= 0.6 is 11.6 Å². The number of sulfone groups is 1. The lowest BCUT2D eigenvalue weighted by Crippen LogP contribution is -2.35. The standard InChI is InChI=1S/C17H16ClNO4S/c1-11-3-4-12(7-14(11)18)10-24(21,22)13-5-6-16-15(8-13)19(2)17(20)9-23-16/h3-8H,9-10H2,1-2H3. The number of hydrogen-bond donors (Lipinski definition) is 0. The van der Waals surface area contributed by atoms with Crippen LogP contribution in [0.25, 0.3) is 0 Å². The number of hydrogen-bond acceptors (Lipinski definition) is 4. The molecule has 0 spiro atoms. The summed E-state index contributed by atoms with van der Waals surface area (Å²) in [5.74, 6) is 0.112. The highest BCUT2D eigenvalue weighted by atomic mass is 35.5. The third-order valence-corrected chi connectivity index (χ3v) is 6.06. The number of nitrogens with zero attached hydrogens (tertiary/aromatic N) is 1.